The second-order valence-corrected chi connectivity index (χ2v) is 8.74. The van der Waals surface area contributed by atoms with E-state index in [0.717, 1.165) is 29.0 Å². The van der Waals surface area contributed by atoms with Crippen LogP contribution in [0, 0.1) is 6.92 Å². The van der Waals surface area contributed by atoms with Gasteiger partial charge in [-0.15, -0.1) is 11.3 Å². The SMILES string of the molecule is Cc1nc(NC(=O)C2Cc3ccccc3C(=O)O2)sc1Cc1cc(C(F)(F)F)ccc1Cl. The van der Waals surface area contributed by atoms with Gasteiger partial charge in [-0.05, 0) is 42.3 Å². The second kappa shape index (κ2) is 8.55. The summed E-state index contributed by atoms with van der Waals surface area (Å²) in [5.41, 5.74) is 1.24. The molecule has 0 saturated heterocycles. The zero-order chi connectivity index (χ0) is 23.0. The van der Waals surface area contributed by atoms with Crippen molar-refractivity contribution in [3.8, 4) is 0 Å². The van der Waals surface area contributed by atoms with Crippen LogP contribution in [0.15, 0.2) is 42.5 Å². The lowest BCUT2D eigenvalue weighted by atomic mass is 9.98. The van der Waals surface area contributed by atoms with E-state index >= 15 is 0 Å². The molecular formula is C22H16ClF3N2O3S. The Labute approximate surface area is 190 Å². The lowest BCUT2D eigenvalue weighted by Crippen LogP contribution is -2.37. The summed E-state index contributed by atoms with van der Waals surface area (Å²) >= 11 is 7.23. The van der Waals surface area contributed by atoms with Crippen molar-refractivity contribution in [3.63, 3.8) is 0 Å². The van der Waals surface area contributed by atoms with Gasteiger partial charge in [0.1, 0.15) is 0 Å². The first kappa shape index (κ1) is 22.3. The number of rotatable bonds is 4. The molecule has 1 aromatic heterocycles. The van der Waals surface area contributed by atoms with Crippen molar-refractivity contribution in [1.29, 1.82) is 0 Å². The number of aromatic nitrogens is 1. The molecule has 0 bridgehead atoms. The Morgan fingerprint density at radius 1 is 1.28 bits per heavy atom. The summed E-state index contributed by atoms with van der Waals surface area (Å²) in [5.74, 6) is -1.09. The van der Waals surface area contributed by atoms with Crippen LogP contribution < -0.4 is 5.32 Å². The molecule has 0 saturated carbocycles. The van der Waals surface area contributed by atoms with Crippen molar-refractivity contribution in [2.75, 3.05) is 5.32 Å². The molecule has 5 nitrogen and oxygen atoms in total. The molecule has 10 heteroatoms. The van der Waals surface area contributed by atoms with E-state index in [0.29, 0.717) is 21.7 Å². The molecule has 1 unspecified atom stereocenters. The first-order valence-corrected chi connectivity index (χ1v) is 10.7. The third kappa shape index (κ3) is 4.63. The minimum atomic E-state index is -4.47. The fourth-order valence-electron chi connectivity index (χ4n) is 3.37. The topological polar surface area (TPSA) is 68.3 Å². The van der Waals surface area contributed by atoms with E-state index in [1.807, 2.05) is 0 Å². The van der Waals surface area contributed by atoms with Crippen molar-refractivity contribution in [1.82, 2.24) is 4.98 Å². The minimum absolute atomic E-state index is 0.133. The average molecular weight is 481 g/mol. The highest BCUT2D eigenvalue weighted by atomic mass is 35.5. The van der Waals surface area contributed by atoms with E-state index in [1.165, 1.54) is 6.07 Å². The number of cyclic esters (lactones) is 1. The number of benzene rings is 2. The largest absolute Gasteiger partial charge is 0.448 e. The first-order valence-electron chi connectivity index (χ1n) is 9.53. The molecule has 0 radical (unpaired) electrons. The van der Waals surface area contributed by atoms with Gasteiger partial charge in [-0.25, -0.2) is 9.78 Å². The van der Waals surface area contributed by atoms with Gasteiger partial charge < -0.3 is 4.74 Å². The highest BCUT2D eigenvalue weighted by Crippen LogP contribution is 2.34. The number of hydrogen-bond donors (Lipinski definition) is 1. The third-order valence-electron chi connectivity index (χ3n) is 5.03. The summed E-state index contributed by atoms with van der Waals surface area (Å²) in [5, 5.41) is 3.12. The Morgan fingerprint density at radius 3 is 2.78 bits per heavy atom. The smallest absolute Gasteiger partial charge is 0.416 e. The monoisotopic (exact) mass is 480 g/mol. The Bertz CT molecular complexity index is 1210. The normalized spacial score (nSPS) is 15.8. The molecule has 1 aliphatic heterocycles. The van der Waals surface area contributed by atoms with E-state index in [2.05, 4.69) is 10.3 Å². The molecule has 4 rings (SSSR count). The molecule has 1 amide bonds. The number of amides is 1. The Hall–Kier alpha value is -2.91. The van der Waals surface area contributed by atoms with Crippen molar-refractivity contribution < 1.29 is 27.5 Å². The lowest BCUT2D eigenvalue weighted by Gasteiger charge is -2.23. The molecule has 1 atom stereocenters. The van der Waals surface area contributed by atoms with Gasteiger partial charge >= 0.3 is 12.1 Å². The summed E-state index contributed by atoms with van der Waals surface area (Å²) < 4.78 is 44.3. The molecule has 0 fully saturated rings. The van der Waals surface area contributed by atoms with Gasteiger partial charge in [-0.1, -0.05) is 29.8 Å². The number of nitrogens with one attached hydrogen (secondary N) is 1. The van der Waals surface area contributed by atoms with Crippen LogP contribution in [0.2, 0.25) is 5.02 Å². The van der Waals surface area contributed by atoms with Gasteiger partial charge in [-0.2, -0.15) is 13.2 Å². The second-order valence-electron chi connectivity index (χ2n) is 7.25. The number of hydrogen-bond acceptors (Lipinski definition) is 5. The fraction of sp³-hybridized carbons (Fsp3) is 0.227. The Kier molecular flexibility index (Phi) is 5.96. The predicted molar refractivity (Wildman–Crippen MR) is 114 cm³/mol. The van der Waals surface area contributed by atoms with E-state index in [1.54, 1.807) is 31.2 Å². The quantitative estimate of drug-likeness (QED) is 0.505. The summed E-state index contributed by atoms with van der Waals surface area (Å²) in [6.45, 7) is 1.69. The zero-order valence-electron chi connectivity index (χ0n) is 16.6. The molecular weight excluding hydrogens is 465 g/mol. The van der Waals surface area contributed by atoms with Crippen LogP contribution in [-0.4, -0.2) is 23.0 Å². The zero-order valence-corrected chi connectivity index (χ0v) is 18.2. The van der Waals surface area contributed by atoms with Gasteiger partial charge in [-0.3, -0.25) is 10.1 Å². The van der Waals surface area contributed by atoms with Gasteiger partial charge in [0.05, 0.1) is 16.8 Å². The molecule has 1 N–H and O–H groups in total. The molecule has 0 spiro atoms. The number of carbonyl (C=O) groups excluding carboxylic acids is 2. The van der Waals surface area contributed by atoms with E-state index in [4.69, 9.17) is 16.3 Å². The number of fused-ring (bicyclic) bond motifs is 1. The van der Waals surface area contributed by atoms with Crippen molar-refractivity contribution >= 4 is 39.9 Å². The van der Waals surface area contributed by atoms with Crippen LogP contribution in [0.25, 0.3) is 0 Å². The van der Waals surface area contributed by atoms with Crippen LogP contribution >= 0.6 is 22.9 Å². The van der Waals surface area contributed by atoms with Crippen molar-refractivity contribution in [2.24, 2.45) is 0 Å². The number of ether oxygens (including phenoxy) is 1. The van der Waals surface area contributed by atoms with Crippen LogP contribution in [-0.2, 0) is 28.5 Å². The number of thiazole rings is 1. The minimum Gasteiger partial charge on any atom is -0.448 e. The number of halogens is 4. The molecule has 2 aromatic carbocycles. The Morgan fingerprint density at radius 2 is 2.03 bits per heavy atom. The van der Waals surface area contributed by atoms with Gasteiger partial charge in [0.2, 0.25) is 0 Å². The summed E-state index contributed by atoms with van der Waals surface area (Å²) in [6.07, 6.45) is -5.10. The van der Waals surface area contributed by atoms with Crippen molar-refractivity contribution in [2.45, 2.75) is 32.0 Å². The molecule has 0 aliphatic carbocycles. The highest BCUT2D eigenvalue weighted by Gasteiger charge is 2.32. The van der Waals surface area contributed by atoms with E-state index in [-0.39, 0.29) is 23.0 Å². The number of aryl methyl sites for hydroxylation is 1. The number of nitrogens with zero attached hydrogens (tertiary/aromatic N) is 1. The first-order chi connectivity index (χ1) is 15.1. The van der Waals surface area contributed by atoms with Gasteiger partial charge in [0.15, 0.2) is 11.2 Å². The number of anilines is 1. The molecule has 32 heavy (non-hydrogen) atoms. The van der Waals surface area contributed by atoms with Crippen LogP contribution in [0.4, 0.5) is 18.3 Å². The van der Waals surface area contributed by atoms with Gasteiger partial charge in [0, 0.05) is 22.7 Å². The standard InChI is InChI=1S/C22H16ClF3N2O3S/c1-11-18(10-13-8-14(22(24,25)26)6-7-16(13)23)32-21(27-11)28-19(29)17-9-12-4-2-3-5-15(12)20(30)31-17/h2-8,17H,9-10H2,1H3,(H,27,28,29). The molecule has 3 aromatic rings. The van der Waals surface area contributed by atoms with Gasteiger partial charge in [0.25, 0.3) is 5.91 Å². The molecule has 2 heterocycles. The summed E-state index contributed by atoms with van der Waals surface area (Å²) in [6, 6.07) is 10.1. The predicted octanol–water partition coefficient (Wildman–Crippen LogP) is 5.43. The summed E-state index contributed by atoms with van der Waals surface area (Å²) in [7, 11) is 0. The highest BCUT2D eigenvalue weighted by molar-refractivity contribution is 7.15. The fourth-order valence-corrected chi connectivity index (χ4v) is 4.54. The summed E-state index contributed by atoms with van der Waals surface area (Å²) in [4.78, 5) is 29.7. The lowest BCUT2D eigenvalue weighted by molar-refractivity contribution is -0.137. The molecule has 166 valence electrons. The van der Waals surface area contributed by atoms with Crippen LogP contribution in [0.1, 0.15) is 37.6 Å². The third-order valence-corrected chi connectivity index (χ3v) is 6.47. The molecule has 1 aliphatic rings. The maximum Gasteiger partial charge on any atom is 0.416 e. The number of esters is 1. The van der Waals surface area contributed by atoms with Crippen LogP contribution in [0.3, 0.4) is 0 Å². The maximum absolute atomic E-state index is 13.0. The number of carbonyl (C=O) groups is 2. The Balaban J connectivity index is 1.49. The van der Waals surface area contributed by atoms with E-state index < -0.39 is 29.7 Å². The van der Waals surface area contributed by atoms with Crippen molar-refractivity contribution in [3.05, 3.63) is 80.3 Å². The average Bonchev–Trinajstić information content (AvgIpc) is 3.07. The van der Waals surface area contributed by atoms with E-state index in [9.17, 15) is 22.8 Å². The van der Waals surface area contributed by atoms with Crippen LogP contribution in [0.5, 0.6) is 0 Å². The maximum atomic E-state index is 13.0. The number of alkyl halides is 3.